The van der Waals surface area contributed by atoms with E-state index in [1.807, 2.05) is 0 Å². The fourth-order valence-electron chi connectivity index (χ4n) is 2.53. The molecule has 1 heterocycles. The molecule has 1 aromatic carbocycles. The lowest BCUT2D eigenvalue weighted by atomic mass is 9.91. The molecule has 20 heavy (non-hydrogen) atoms. The van der Waals surface area contributed by atoms with Gasteiger partial charge in [-0.05, 0) is 25.0 Å². The summed E-state index contributed by atoms with van der Waals surface area (Å²) in [6.07, 6.45) is 0.715. The van der Waals surface area contributed by atoms with Gasteiger partial charge >= 0.3 is 0 Å². The van der Waals surface area contributed by atoms with E-state index >= 15 is 0 Å². The molecule has 0 aliphatic carbocycles. The molecule has 1 N–H and O–H groups in total. The van der Waals surface area contributed by atoms with Gasteiger partial charge in [0.05, 0.1) is 23.3 Å². The summed E-state index contributed by atoms with van der Waals surface area (Å²) < 4.78 is 26.5. The van der Waals surface area contributed by atoms with Crippen LogP contribution < -0.4 is 0 Å². The minimum atomic E-state index is -1.17. The predicted octanol–water partition coefficient (Wildman–Crippen LogP) is 2.11. The van der Waals surface area contributed by atoms with Gasteiger partial charge in [0.2, 0.25) is 0 Å². The number of hydrogen-bond donors (Lipinski definition) is 1. The molecular weight excluding hydrogens is 268 g/mol. The van der Waals surface area contributed by atoms with Gasteiger partial charge in [0.15, 0.2) is 11.6 Å². The molecule has 0 bridgehead atoms. The number of carbonyl (C=O) groups is 2. The lowest BCUT2D eigenvalue weighted by molar-refractivity contribution is 0.0220. The van der Waals surface area contributed by atoms with Crippen molar-refractivity contribution >= 4 is 11.8 Å². The summed E-state index contributed by atoms with van der Waals surface area (Å²) in [4.78, 5) is 25.5. The van der Waals surface area contributed by atoms with Gasteiger partial charge in [-0.15, -0.1) is 0 Å². The Morgan fingerprint density at radius 2 is 1.45 bits per heavy atom. The first-order valence-corrected chi connectivity index (χ1v) is 6.40. The van der Waals surface area contributed by atoms with Gasteiger partial charge in [0.1, 0.15) is 0 Å². The standard InChI is InChI=1S/C14H15F2NO3/c1-3-14(4-2,7-18)17-12(19)8-5-10(15)11(16)6-9(8)13(17)20/h5-6,18H,3-4,7H2,1-2H3. The van der Waals surface area contributed by atoms with Crippen molar-refractivity contribution in [3.8, 4) is 0 Å². The second kappa shape index (κ2) is 4.94. The number of carbonyl (C=O) groups excluding carboxylic acids is 2. The second-order valence-corrected chi connectivity index (χ2v) is 4.85. The predicted molar refractivity (Wildman–Crippen MR) is 67.3 cm³/mol. The molecule has 0 saturated heterocycles. The van der Waals surface area contributed by atoms with E-state index in [2.05, 4.69) is 0 Å². The van der Waals surface area contributed by atoms with E-state index in [4.69, 9.17) is 0 Å². The van der Waals surface area contributed by atoms with Crippen molar-refractivity contribution in [1.82, 2.24) is 4.90 Å². The fraction of sp³-hybridized carbons (Fsp3) is 0.429. The molecule has 4 nitrogen and oxygen atoms in total. The Labute approximate surface area is 115 Å². The topological polar surface area (TPSA) is 57.6 Å². The third kappa shape index (κ3) is 1.83. The molecule has 108 valence electrons. The summed E-state index contributed by atoms with van der Waals surface area (Å²) in [6, 6.07) is 1.47. The van der Waals surface area contributed by atoms with Crippen LogP contribution in [0.4, 0.5) is 8.78 Å². The first-order chi connectivity index (χ1) is 9.41. The van der Waals surface area contributed by atoms with Crippen molar-refractivity contribution in [1.29, 1.82) is 0 Å². The van der Waals surface area contributed by atoms with Crippen molar-refractivity contribution in [3.63, 3.8) is 0 Å². The fourth-order valence-corrected chi connectivity index (χ4v) is 2.53. The Bertz CT molecular complexity index is 533. The average Bonchev–Trinajstić information content (AvgIpc) is 2.67. The Kier molecular flexibility index (Phi) is 3.60. The monoisotopic (exact) mass is 283 g/mol. The lowest BCUT2D eigenvalue weighted by Gasteiger charge is -2.37. The van der Waals surface area contributed by atoms with E-state index < -0.39 is 35.6 Å². The number of aliphatic hydroxyl groups is 1. The highest BCUT2D eigenvalue weighted by Gasteiger charge is 2.47. The number of fused-ring (bicyclic) bond motifs is 1. The first-order valence-electron chi connectivity index (χ1n) is 6.40. The third-order valence-electron chi connectivity index (χ3n) is 4.01. The number of benzene rings is 1. The molecule has 0 unspecified atom stereocenters. The van der Waals surface area contributed by atoms with Crippen LogP contribution in [0.15, 0.2) is 12.1 Å². The molecular formula is C14H15F2NO3. The molecule has 6 heteroatoms. The SMILES string of the molecule is CCC(CC)(CO)N1C(=O)c2cc(F)c(F)cc2C1=O. The molecule has 0 fully saturated rings. The summed E-state index contributed by atoms with van der Waals surface area (Å²) >= 11 is 0. The van der Waals surface area contributed by atoms with Crippen LogP contribution in [-0.4, -0.2) is 34.0 Å². The maximum Gasteiger partial charge on any atom is 0.262 e. The van der Waals surface area contributed by atoms with Crippen LogP contribution in [0.5, 0.6) is 0 Å². The van der Waals surface area contributed by atoms with Gasteiger partial charge in [-0.1, -0.05) is 13.8 Å². The van der Waals surface area contributed by atoms with Gasteiger partial charge in [-0.3, -0.25) is 14.5 Å². The Hall–Kier alpha value is -1.82. The normalized spacial score (nSPS) is 14.9. The van der Waals surface area contributed by atoms with Crippen molar-refractivity contribution < 1.29 is 23.5 Å². The highest BCUT2D eigenvalue weighted by molar-refractivity contribution is 6.21. The van der Waals surface area contributed by atoms with Crippen LogP contribution in [0.3, 0.4) is 0 Å². The number of nitrogens with zero attached hydrogens (tertiary/aromatic N) is 1. The smallest absolute Gasteiger partial charge is 0.262 e. The number of halogens is 2. The van der Waals surface area contributed by atoms with Crippen LogP contribution in [0.25, 0.3) is 0 Å². The number of rotatable bonds is 4. The minimum Gasteiger partial charge on any atom is -0.394 e. The number of hydrogen-bond acceptors (Lipinski definition) is 3. The van der Waals surface area contributed by atoms with Crippen molar-refractivity contribution in [3.05, 3.63) is 34.9 Å². The van der Waals surface area contributed by atoms with Crippen LogP contribution in [0.1, 0.15) is 47.4 Å². The van der Waals surface area contributed by atoms with Crippen molar-refractivity contribution in [2.75, 3.05) is 6.61 Å². The molecule has 1 aliphatic rings. The van der Waals surface area contributed by atoms with E-state index in [1.54, 1.807) is 13.8 Å². The third-order valence-corrected chi connectivity index (χ3v) is 4.01. The van der Waals surface area contributed by atoms with Crippen LogP contribution in [0.2, 0.25) is 0 Å². The maximum absolute atomic E-state index is 13.2. The zero-order chi connectivity index (χ0) is 15.1. The van der Waals surface area contributed by atoms with Gasteiger partial charge < -0.3 is 5.11 Å². The first kappa shape index (κ1) is 14.6. The largest absolute Gasteiger partial charge is 0.394 e. The Morgan fingerprint density at radius 1 is 1.05 bits per heavy atom. The average molecular weight is 283 g/mol. The van der Waals surface area contributed by atoms with Gasteiger partial charge in [-0.2, -0.15) is 0 Å². The van der Waals surface area contributed by atoms with Crippen LogP contribution >= 0.6 is 0 Å². The lowest BCUT2D eigenvalue weighted by Crippen LogP contribution is -2.53. The Morgan fingerprint density at radius 3 is 1.75 bits per heavy atom. The Balaban J connectivity index is 2.57. The summed E-state index contributed by atoms with van der Waals surface area (Å²) in [5.74, 6) is -3.73. The van der Waals surface area contributed by atoms with Crippen LogP contribution in [-0.2, 0) is 0 Å². The quantitative estimate of drug-likeness (QED) is 0.861. The summed E-state index contributed by atoms with van der Waals surface area (Å²) in [5.41, 5.74) is -1.36. The molecule has 0 aromatic heterocycles. The highest BCUT2D eigenvalue weighted by atomic mass is 19.2. The molecule has 0 spiro atoms. The molecule has 2 amide bonds. The van der Waals surface area contributed by atoms with E-state index in [1.165, 1.54) is 0 Å². The summed E-state index contributed by atoms with van der Waals surface area (Å²) in [5, 5.41) is 9.57. The van der Waals surface area contributed by atoms with E-state index in [0.717, 1.165) is 17.0 Å². The van der Waals surface area contributed by atoms with Gasteiger partial charge in [0, 0.05) is 0 Å². The molecule has 0 saturated carbocycles. The minimum absolute atomic E-state index is 0.159. The zero-order valence-corrected chi connectivity index (χ0v) is 11.2. The molecule has 1 aromatic rings. The summed E-state index contributed by atoms with van der Waals surface area (Å²) in [7, 11) is 0. The summed E-state index contributed by atoms with van der Waals surface area (Å²) in [6.45, 7) is 3.09. The molecule has 1 aliphatic heterocycles. The molecule has 2 rings (SSSR count). The second-order valence-electron chi connectivity index (χ2n) is 4.85. The number of imide groups is 1. The van der Waals surface area contributed by atoms with Crippen molar-refractivity contribution in [2.45, 2.75) is 32.2 Å². The van der Waals surface area contributed by atoms with E-state index in [9.17, 15) is 23.5 Å². The van der Waals surface area contributed by atoms with E-state index in [-0.39, 0.29) is 11.1 Å². The number of aliphatic hydroxyl groups excluding tert-OH is 1. The van der Waals surface area contributed by atoms with Gasteiger partial charge in [-0.25, -0.2) is 8.78 Å². The number of amides is 2. The highest BCUT2D eigenvalue weighted by Crippen LogP contribution is 2.34. The van der Waals surface area contributed by atoms with Gasteiger partial charge in [0.25, 0.3) is 11.8 Å². The van der Waals surface area contributed by atoms with Crippen LogP contribution in [0, 0.1) is 11.6 Å². The maximum atomic E-state index is 13.2. The van der Waals surface area contributed by atoms with Crippen molar-refractivity contribution in [2.24, 2.45) is 0 Å². The molecule has 0 atom stereocenters. The van der Waals surface area contributed by atoms with E-state index in [0.29, 0.717) is 12.8 Å². The molecule has 0 radical (unpaired) electrons. The zero-order valence-electron chi connectivity index (χ0n) is 11.2.